The first-order chi connectivity index (χ1) is 19.1. The Morgan fingerprint density at radius 3 is 2.59 bits per heavy atom. The maximum atomic E-state index is 14.1. The first kappa shape index (κ1) is 26.0. The van der Waals surface area contributed by atoms with Crippen LogP contribution in [0.4, 0.5) is 5.69 Å². The van der Waals surface area contributed by atoms with Crippen LogP contribution in [0.5, 0.6) is 11.5 Å². The Bertz CT molecular complexity index is 1400. The number of carbonyl (C=O) groups is 2. The summed E-state index contributed by atoms with van der Waals surface area (Å²) >= 11 is 0. The molecule has 0 spiro atoms. The number of aromatic nitrogens is 4. The van der Waals surface area contributed by atoms with Gasteiger partial charge < -0.3 is 19.2 Å². The van der Waals surface area contributed by atoms with Crippen molar-refractivity contribution >= 4 is 17.5 Å². The minimum absolute atomic E-state index is 0.0386. The molecule has 0 aliphatic heterocycles. The molecule has 2 aromatic carbocycles. The Morgan fingerprint density at radius 2 is 1.90 bits per heavy atom. The molecule has 0 saturated heterocycles. The van der Waals surface area contributed by atoms with Gasteiger partial charge in [0, 0.05) is 17.8 Å². The second-order valence-electron chi connectivity index (χ2n) is 9.29. The van der Waals surface area contributed by atoms with Crippen LogP contribution in [0.2, 0.25) is 0 Å². The molecule has 4 aromatic rings. The van der Waals surface area contributed by atoms with Crippen LogP contribution in [0.25, 0.3) is 5.69 Å². The summed E-state index contributed by atoms with van der Waals surface area (Å²) in [6, 6.07) is 14.5. The van der Waals surface area contributed by atoms with Gasteiger partial charge in [-0.05, 0) is 65.2 Å². The zero-order valence-corrected chi connectivity index (χ0v) is 21.8. The SMILES string of the molecule is COc1cccc(C(C(=O)NC2CCCCC2)N(C(=O)c2ccco2)c2ccc(-n3cnnn3)c(OC)c2)c1. The summed E-state index contributed by atoms with van der Waals surface area (Å²) in [7, 11) is 3.07. The minimum atomic E-state index is -1.02. The predicted octanol–water partition coefficient (Wildman–Crippen LogP) is 4.11. The Hall–Kier alpha value is -4.67. The molecule has 0 bridgehead atoms. The summed E-state index contributed by atoms with van der Waals surface area (Å²) in [5, 5.41) is 14.5. The van der Waals surface area contributed by atoms with Crippen molar-refractivity contribution in [1.82, 2.24) is 25.5 Å². The monoisotopic (exact) mass is 530 g/mol. The van der Waals surface area contributed by atoms with Crippen molar-refractivity contribution in [2.45, 2.75) is 44.2 Å². The van der Waals surface area contributed by atoms with Crippen molar-refractivity contribution in [3.8, 4) is 17.2 Å². The normalized spacial score (nSPS) is 14.4. The lowest BCUT2D eigenvalue weighted by Gasteiger charge is -2.33. The first-order valence-electron chi connectivity index (χ1n) is 12.8. The Balaban J connectivity index is 1.63. The number of nitrogens with one attached hydrogen (secondary N) is 1. The zero-order chi connectivity index (χ0) is 27.2. The lowest BCUT2D eigenvalue weighted by atomic mass is 9.94. The van der Waals surface area contributed by atoms with Gasteiger partial charge in [0.1, 0.15) is 29.6 Å². The van der Waals surface area contributed by atoms with E-state index in [1.807, 2.05) is 6.07 Å². The lowest BCUT2D eigenvalue weighted by molar-refractivity contribution is -0.123. The summed E-state index contributed by atoms with van der Waals surface area (Å²) in [5.74, 6) is 0.299. The highest BCUT2D eigenvalue weighted by molar-refractivity contribution is 6.09. The molecule has 2 heterocycles. The van der Waals surface area contributed by atoms with Crippen LogP contribution >= 0.6 is 0 Å². The molecule has 2 amide bonds. The number of carbonyl (C=O) groups excluding carboxylic acids is 2. The van der Waals surface area contributed by atoms with Gasteiger partial charge in [-0.1, -0.05) is 31.4 Å². The van der Waals surface area contributed by atoms with Crippen LogP contribution in [0.1, 0.15) is 54.3 Å². The van der Waals surface area contributed by atoms with Gasteiger partial charge in [-0.3, -0.25) is 14.5 Å². The number of amides is 2. The van der Waals surface area contributed by atoms with Crippen molar-refractivity contribution in [3.05, 3.63) is 78.5 Å². The van der Waals surface area contributed by atoms with E-state index in [-0.39, 0.29) is 17.7 Å². The van der Waals surface area contributed by atoms with Crippen LogP contribution in [0.3, 0.4) is 0 Å². The molecule has 0 radical (unpaired) electrons. The summed E-state index contributed by atoms with van der Waals surface area (Å²) < 4.78 is 18.0. The molecule has 1 saturated carbocycles. The molecule has 11 nitrogen and oxygen atoms in total. The van der Waals surface area contributed by atoms with Crippen molar-refractivity contribution in [1.29, 1.82) is 0 Å². The second-order valence-corrected chi connectivity index (χ2v) is 9.29. The van der Waals surface area contributed by atoms with E-state index in [1.54, 1.807) is 55.6 Å². The number of methoxy groups -OCH3 is 2. The molecule has 39 heavy (non-hydrogen) atoms. The van der Waals surface area contributed by atoms with E-state index in [9.17, 15) is 9.59 Å². The van der Waals surface area contributed by atoms with Crippen molar-refractivity contribution < 1.29 is 23.5 Å². The van der Waals surface area contributed by atoms with Crippen LogP contribution in [-0.2, 0) is 4.79 Å². The smallest absolute Gasteiger partial charge is 0.294 e. The highest BCUT2D eigenvalue weighted by Gasteiger charge is 2.36. The maximum Gasteiger partial charge on any atom is 0.294 e. The van der Waals surface area contributed by atoms with E-state index >= 15 is 0 Å². The topological polar surface area (TPSA) is 125 Å². The molecule has 11 heteroatoms. The van der Waals surface area contributed by atoms with Crippen molar-refractivity contribution in [2.24, 2.45) is 0 Å². The number of tetrazole rings is 1. The molecule has 5 rings (SSSR count). The largest absolute Gasteiger partial charge is 0.497 e. The standard InChI is InChI=1S/C28H30N6O5/c1-37-22-11-6-8-19(16-22)26(27(35)30-20-9-4-3-5-10-20)34(28(36)24-12-7-15-39-24)21-13-14-23(25(17-21)38-2)33-18-29-31-32-33/h6-8,11-18,20,26H,3-5,9-10H2,1-2H3,(H,30,35). The van der Waals surface area contributed by atoms with Crippen LogP contribution in [-0.4, -0.2) is 52.3 Å². The summed E-state index contributed by atoms with van der Waals surface area (Å²) in [6.45, 7) is 0. The van der Waals surface area contributed by atoms with Gasteiger partial charge in [0.2, 0.25) is 5.91 Å². The van der Waals surface area contributed by atoms with E-state index in [0.29, 0.717) is 28.4 Å². The van der Waals surface area contributed by atoms with Gasteiger partial charge in [-0.15, -0.1) is 5.10 Å². The van der Waals surface area contributed by atoms with Crippen molar-refractivity contribution in [2.75, 3.05) is 19.1 Å². The molecule has 1 fully saturated rings. The number of ether oxygens (including phenoxy) is 2. The van der Waals surface area contributed by atoms with Crippen LogP contribution < -0.4 is 19.7 Å². The lowest BCUT2D eigenvalue weighted by Crippen LogP contribution is -2.47. The Labute approximate surface area is 225 Å². The van der Waals surface area contributed by atoms with E-state index < -0.39 is 11.9 Å². The Morgan fingerprint density at radius 1 is 1.05 bits per heavy atom. The second kappa shape index (κ2) is 11.8. The Kier molecular flexibility index (Phi) is 7.86. The average molecular weight is 531 g/mol. The average Bonchev–Trinajstić information content (AvgIpc) is 3.71. The zero-order valence-electron chi connectivity index (χ0n) is 21.8. The molecule has 1 aliphatic carbocycles. The van der Waals surface area contributed by atoms with Crippen molar-refractivity contribution in [3.63, 3.8) is 0 Å². The summed E-state index contributed by atoms with van der Waals surface area (Å²) in [5.41, 5.74) is 1.59. The molecule has 2 aromatic heterocycles. The number of rotatable bonds is 9. The molecular weight excluding hydrogens is 500 g/mol. The molecule has 1 aliphatic rings. The van der Waals surface area contributed by atoms with E-state index in [2.05, 4.69) is 20.8 Å². The number of anilines is 1. The third kappa shape index (κ3) is 5.62. The van der Waals surface area contributed by atoms with Gasteiger partial charge in [0.05, 0.1) is 20.5 Å². The highest BCUT2D eigenvalue weighted by Crippen LogP contribution is 2.36. The fraction of sp³-hybridized carbons (Fsp3) is 0.321. The van der Waals surface area contributed by atoms with Gasteiger partial charge in [0.15, 0.2) is 5.76 Å². The van der Waals surface area contributed by atoms with E-state index in [1.165, 1.54) is 29.3 Å². The molecule has 1 atom stereocenters. The van der Waals surface area contributed by atoms with Gasteiger partial charge >= 0.3 is 0 Å². The third-order valence-corrected chi connectivity index (χ3v) is 6.86. The van der Waals surface area contributed by atoms with E-state index in [4.69, 9.17) is 13.9 Å². The molecule has 1 N–H and O–H groups in total. The van der Waals surface area contributed by atoms with Crippen LogP contribution in [0.15, 0.2) is 71.6 Å². The third-order valence-electron chi connectivity index (χ3n) is 6.86. The predicted molar refractivity (Wildman–Crippen MR) is 142 cm³/mol. The minimum Gasteiger partial charge on any atom is -0.497 e. The van der Waals surface area contributed by atoms with Crippen LogP contribution in [0, 0.1) is 0 Å². The number of nitrogens with zero attached hydrogens (tertiary/aromatic N) is 5. The first-order valence-corrected chi connectivity index (χ1v) is 12.8. The molecule has 202 valence electrons. The van der Waals surface area contributed by atoms with E-state index in [0.717, 1.165) is 32.1 Å². The molecular formula is C28H30N6O5. The van der Waals surface area contributed by atoms with Gasteiger partial charge in [0.25, 0.3) is 5.91 Å². The summed E-state index contributed by atoms with van der Waals surface area (Å²) in [6.07, 6.45) is 7.94. The summed E-state index contributed by atoms with van der Waals surface area (Å²) in [4.78, 5) is 29.5. The maximum absolute atomic E-state index is 14.1. The fourth-order valence-corrected chi connectivity index (χ4v) is 4.94. The highest BCUT2D eigenvalue weighted by atomic mass is 16.5. The number of hydrogen-bond acceptors (Lipinski definition) is 8. The molecule has 1 unspecified atom stereocenters. The fourth-order valence-electron chi connectivity index (χ4n) is 4.94. The number of benzene rings is 2. The van der Waals surface area contributed by atoms with Gasteiger partial charge in [-0.2, -0.15) is 4.68 Å². The number of hydrogen-bond donors (Lipinski definition) is 1. The van der Waals surface area contributed by atoms with Gasteiger partial charge in [-0.25, -0.2) is 0 Å². The quantitative estimate of drug-likeness (QED) is 0.343. The number of furan rings is 1.